The molecule has 0 spiro atoms. The van der Waals surface area contributed by atoms with Gasteiger partial charge in [0, 0.05) is 24.7 Å². The molecule has 2 aromatic rings. The number of benzene rings is 2. The van der Waals surface area contributed by atoms with Crippen LogP contribution in [0.3, 0.4) is 0 Å². The molecule has 2 aromatic carbocycles. The van der Waals surface area contributed by atoms with Crippen LogP contribution in [0.2, 0.25) is 0 Å². The number of hydrogen-bond acceptors (Lipinski definition) is 6. The maximum Gasteiger partial charge on any atom is 0.387 e. The van der Waals surface area contributed by atoms with Crippen LogP contribution in [0.5, 0.6) is 5.75 Å². The predicted molar refractivity (Wildman–Crippen MR) is 111 cm³/mol. The van der Waals surface area contributed by atoms with Gasteiger partial charge >= 0.3 is 6.61 Å². The van der Waals surface area contributed by atoms with Gasteiger partial charge in [-0.2, -0.15) is 8.78 Å². The average Bonchev–Trinajstić information content (AvgIpc) is 3.23. The van der Waals surface area contributed by atoms with Crippen molar-refractivity contribution in [3.8, 4) is 5.75 Å². The normalized spacial score (nSPS) is 13.2. The van der Waals surface area contributed by atoms with Crippen LogP contribution in [-0.2, 0) is 0 Å². The first kappa shape index (κ1) is 21.4. The molecule has 1 heterocycles. The topological polar surface area (TPSA) is 96.7 Å². The summed E-state index contributed by atoms with van der Waals surface area (Å²) in [5.74, 6) is -0.814. The van der Waals surface area contributed by atoms with E-state index in [9.17, 15) is 23.7 Å². The molecule has 8 nitrogen and oxygen atoms in total. The number of anilines is 2. The summed E-state index contributed by atoms with van der Waals surface area (Å²) in [6.07, 6.45) is 1.91. The zero-order chi connectivity index (χ0) is 21.7. The van der Waals surface area contributed by atoms with Crippen LogP contribution in [0.25, 0.3) is 0 Å². The van der Waals surface area contributed by atoms with Crippen molar-refractivity contribution in [2.24, 2.45) is 0 Å². The van der Waals surface area contributed by atoms with E-state index in [1.807, 2.05) is 4.90 Å². The van der Waals surface area contributed by atoms with Crippen LogP contribution < -0.4 is 20.3 Å². The van der Waals surface area contributed by atoms with Crippen molar-refractivity contribution in [3.63, 3.8) is 0 Å². The SMILES string of the molecule is O=C(NC(=S)Nc1ccccc1OC(F)F)c1ccc(N2CCCC2)c([N+](=O)[O-])c1. The summed E-state index contributed by atoms with van der Waals surface area (Å²) in [7, 11) is 0. The Labute approximate surface area is 176 Å². The fourth-order valence-electron chi connectivity index (χ4n) is 3.13. The number of ether oxygens (including phenoxy) is 1. The Bertz CT molecular complexity index is 967. The van der Waals surface area contributed by atoms with Gasteiger partial charge in [-0.3, -0.25) is 20.2 Å². The van der Waals surface area contributed by atoms with Gasteiger partial charge in [0.2, 0.25) is 0 Å². The van der Waals surface area contributed by atoms with Crippen molar-refractivity contribution in [2.75, 3.05) is 23.3 Å². The Morgan fingerprint density at radius 3 is 2.57 bits per heavy atom. The van der Waals surface area contributed by atoms with E-state index in [2.05, 4.69) is 15.4 Å². The van der Waals surface area contributed by atoms with Gasteiger partial charge in [-0.15, -0.1) is 0 Å². The lowest BCUT2D eigenvalue weighted by atomic mass is 10.1. The molecular weight excluding hydrogens is 418 g/mol. The molecule has 0 atom stereocenters. The van der Waals surface area contributed by atoms with Gasteiger partial charge < -0.3 is 15.0 Å². The zero-order valence-corrected chi connectivity index (χ0v) is 16.5. The molecule has 1 aliphatic heterocycles. The van der Waals surface area contributed by atoms with Crippen LogP contribution in [0.4, 0.5) is 25.8 Å². The first-order valence-corrected chi connectivity index (χ1v) is 9.45. The number of thiocarbonyl (C=S) groups is 1. The van der Waals surface area contributed by atoms with Gasteiger partial charge in [-0.25, -0.2) is 0 Å². The number of amides is 1. The molecule has 1 amide bonds. The molecule has 1 fully saturated rings. The summed E-state index contributed by atoms with van der Waals surface area (Å²) in [6, 6.07) is 10.1. The minimum Gasteiger partial charge on any atom is -0.433 e. The molecule has 30 heavy (non-hydrogen) atoms. The second kappa shape index (κ2) is 9.44. The summed E-state index contributed by atoms with van der Waals surface area (Å²) < 4.78 is 29.4. The Morgan fingerprint density at radius 2 is 1.90 bits per heavy atom. The van der Waals surface area contributed by atoms with Crippen molar-refractivity contribution in [3.05, 3.63) is 58.1 Å². The van der Waals surface area contributed by atoms with Gasteiger partial charge in [-0.1, -0.05) is 12.1 Å². The molecule has 2 N–H and O–H groups in total. The standard InChI is InChI=1S/C19H18F2N4O4S/c20-18(21)29-16-6-2-1-5-13(16)22-19(30)23-17(26)12-7-8-14(15(11-12)25(27)28)24-9-3-4-10-24/h1-2,5-8,11,18H,3-4,9-10H2,(H2,22,23,26,30). The van der Waals surface area contributed by atoms with E-state index in [0.717, 1.165) is 25.9 Å². The van der Waals surface area contributed by atoms with E-state index in [1.54, 1.807) is 12.1 Å². The highest BCUT2D eigenvalue weighted by Gasteiger charge is 2.24. The third-order valence-corrected chi connectivity index (χ3v) is 4.66. The number of rotatable bonds is 6. The van der Waals surface area contributed by atoms with Crippen LogP contribution in [-0.4, -0.2) is 35.6 Å². The lowest BCUT2D eigenvalue weighted by Gasteiger charge is -2.18. The second-order valence-corrected chi connectivity index (χ2v) is 6.85. The van der Waals surface area contributed by atoms with Gasteiger partial charge in [0.25, 0.3) is 11.6 Å². The van der Waals surface area contributed by atoms with Crippen LogP contribution in [0.1, 0.15) is 23.2 Å². The summed E-state index contributed by atoms with van der Waals surface area (Å²) in [5, 5.41) is 16.3. The molecule has 0 unspecified atom stereocenters. The molecule has 1 saturated heterocycles. The van der Waals surface area contributed by atoms with E-state index in [4.69, 9.17) is 12.2 Å². The maximum atomic E-state index is 12.5. The van der Waals surface area contributed by atoms with Crippen molar-refractivity contribution in [1.29, 1.82) is 0 Å². The smallest absolute Gasteiger partial charge is 0.387 e. The molecule has 3 rings (SSSR count). The van der Waals surface area contributed by atoms with Crippen LogP contribution in [0, 0.1) is 10.1 Å². The number of nitro groups is 1. The number of para-hydroxylation sites is 2. The summed E-state index contributed by atoms with van der Waals surface area (Å²) >= 11 is 5.05. The quantitative estimate of drug-likeness (QED) is 0.402. The number of nitrogens with zero attached hydrogens (tertiary/aromatic N) is 2. The fraction of sp³-hybridized carbons (Fsp3) is 0.263. The van der Waals surface area contributed by atoms with Crippen LogP contribution >= 0.6 is 12.2 Å². The Kier molecular flexibility index (Phi) is 6.72. The Morgan fingerprint density at radius 1 is 1.20 bits per heavy atom. The number of carbonyl (C=O) groups excluding carboxylic acids is 1. The third-order valence-electron chi connectivity index (χ3n) is 4.46. The van der Waals surface area contributed by atoms with E-state index >= 15 is 0 Å². The number of alkyl halides is 2. The maximum absolute atomic E-state index is 12.5. The highest BCUT2D eigenvalue weighted by molar-refractivity contribution is 7.80. The molecule has 0 radical (unpaired) electrons. The van der Waals surface area contributed by atoms with Crippen molar-refractivity contribution >= 4 is 40.3 Å². The van der Waals surface area contributed by atoms with Gasteiger partial charge in [0.05, 0.1) is 10.6 Å². The third kappa shape index (κ3) is 5.17. The van der Waals surface area contributed by atoms with Crippen molar-refractivity contribution in [1.82, 2.24) is 5.32 Å². The van der Waals surface area contributed by atoms with Crippen LogP contribution in [0.15, 0.2) is 42.5 Å². The Balaban J connectivity index is 1.72. The number of nitrogens with one attached hydrogen (secondary N) is 2. The van der Waals surface area contributed by atoms with Gasteiger partial charge in [0.1, 0.15) is 11.4 Å². The summed E-state index contributed by atoms with van der Waals surface area (Å²) in [4.78, 5) is 25.3. The first-order chi connectivity index (χ1) is 14.3. The molecule has 158 valence electrons. The largest absolute Gasteiger partial charge is 0.433 e. The highest BCUT2D eigenvalue weighted by atomic mass is 32.1. The second-order valence-electron chi connectivity index (χ2n) is 6.44. The molecule has 0 aliphatic carbocycles. The molecule has 0 bridgehead atoms. The Hall–Kier alpha value is -3.34. The van der Waals surface area contributed by atoms with E-state index < -0.39 is 17.4 Å². The number of hydrogen-bond donors (Lipinski definition) is 2. The van der Waals surface area contributed by atoms with Crippen molar-refractivity contribution in [2.45, 2.75) is 19.5 Å². The van der Waals surface area contributed by atoms with Crippen molar-refractivity contribution < 1.29 is 23.2 Å². The molecule has 0 saturated carbocycles. The summed E-state index contributed by atoms with van der Waals surface area (Å²) in [5.41, 5.74) is 0.483. The van der Waals surface area contributed by atoms with Gasteiger partial charge in [0.15, 0.2) is 5.11 Å². The molecule has 0 aromatic heterocycles. The highest BCUT2D eigenvalue weighted by Crippen LogP contribution is 2.31. The monoisotopic (exact) mass is 436 g/mol. The average molecular weight is 436 g/mol. The number of halogens is 2. The number of carbonyl (C=O) groups is 1. The number of nitro benzene ring substituents is 1. The fourth-order valence-corrected chi connectivity index (χ4v) is 3.34. The van der Waals surface area contributed by atoms with Gasteiger partial charge in [-0.05, 0) is 49.3 Å². The summed E-state index contributed by atoms with van der Waals surface area (Å²) in [6.45, 7) is -1.58. The first-order valence-electron chi connectivity index (χ1n) is 9.04. The molecule has 11 heteroatoms. The lowest BCUT2D eigenvalue weighted by Crippen LogP contribution is -2.34. The zero-order valence-electron chi connectivity index (χ0n) is 15.6. The molecule has 1 aliphatic rings. The molecular formula is C19H18F2N4O4S. The minimum absolute atomic E-state index is 0.0471. The van der Waals surface area contributed by atoms with E-state index in [0.29, 0.717) is 5.69 Å². The van der Waals surface area contributed by atoms with E-state index in [-0.39, 0.29) is 27.8 Å². The van der Waals surface area contributed by atoms with E-state index in [1.165, 1.54) is 30.3 Å². The predicted octanol–water partition coefficient (Wildman–Crippen LogP) is 3.92. The lowest BCUT2D eigenvalue weighted by molar-refractivity contribution is -0.384. The minimum atomic E-state index is -3.02.